The van der Waals surface area contributed by atoms with Crippen LogP contribution in [0.25, 0.3) is 0 Å². The molecule has 0 aliphatic carbocycles. The monoisotopic (exact) mass is 472 g/mol. The zero-order valence-electron chi connectivity index (χ0n) is 21.0. The zero-order valence-corrected chi connectivity index (χ0v) is 22.0. The number of fused-ring (bicyclic) bond motifs is 1. The van der Waals surface area contributed by atoms with Crippen LogP contribution in [0.2, 0.25) is 18.1 Å². The lowest BCUT2D eigenvalue weighted by molar-refractivity contribution is -0.116. The van der Waals surface area contributed by atoms with Gasteiger partial charge in [0.25, 0.3) is 8.32 Å². The summed E-state index contributed by atoms with van der Waals surface area (Å²) < 4.78 is 13.3. The fourth-order valence-electron chi connectivity index (χ4n) is 3.24. The van der Waals surface area contributed by atoms with E-state index in [0.29, 0.717) is 18.0 Å². The Balaban J connectivity index is 1.64. The van der Waals surface area contributed by atoms with Crippen LogP contribution < -0.4 is 14.6 Å². The maximum absolute atomic E-state index is 12.6. The van der Waals surface area contributed by atoms with E-state index in [-0.39, 0.29) is 23.6 Å². The first-order valence-electron chi connectivity index (χ1n) is 11.3. The van der Waals surface area contributed by atoms with Gasteiger partial charge in [0.2, 0.25) is 5.91 Å². The van der Waals surface area contributed by atoms with Crippen molar-refractivity contribution in [1.82, 2.24) is 9.78 Å². The number of anilines is 2. The first kappa shape index (κ1) is 24.8. The highest BCUT2D eigenvalue weighted by atomic mass is 28.4. The van der Waals surface area contributed by atoms with Crippen molar-refractivity contribution in [2.24, 2.45) is 0 Å². The third-order valence-corrected chi connectivity index (χ3v) is 10.3. The van der Waals surface area contributed by atoms with Crippen molar-refractivity contribution in [2.75, 3.05) is 16.8 Å². The van der Waals surface area contributed by atoms with Gasteiger partial charge in [0.05, 0.1) is 18.1 Å². The SMILES string of the molecule is CC(C)(C)OC(=O)N1CCc2ccc(NC(=O)Cn3cc(O[Si](C)(C)C(C)(C)C)cn3)cc21. The van der Waals surface area contributed by atoms with Gasteiger partial charge in [-0.2, -0.15) is 5.10 Å². The van der Waals surface area contributed by atoms with Crippen LogP contribution in [0.5, 0.6) is 5.75 Å². The van der Waals surface area contributed by atoms with Crippen LogP contribution in [0.1, 0.15) is 47.1 Å². The molecule has 0 atom stereocenters. The molecular formula is C24H36N4O4Si. The molecule has 0 radical (unpaired) electrons. The summed E-state index contributed by atoms with van der Waals surface area (Å²) in [6.07, 6.45) is 3.79. The second-order valence-corrected chi connectivity index (χ2v) is 15.7. The molecule has 0 spiro atoms. The standard InChI is InChI=1S/C24H36N4O4Si/c1-23(2,3)31-22(30)28-12-11-17-9-10-18(13-20(17)28)26-21(29)16-27-15-19(14-25-27)32-33(7,8)24(4,5)6/h9-10,13-15H,11-12,16H2,1-8H3,(H,26,29). The number of benzene rings is 1. The normalized spacial score (nSPS) is 14.1. The smallest absolute Gasteiger partial charge is 0.414 e. The molecular weight excluding hydrogens is 436 g/mol. The van der Waals surface area contributed by atoms with Crippen LogP contribution >= 0.6 is 0 Å². The van der Waals surface area contributed by atoms with Crippen LogP contribution in [0, 0.1) is 0 Å². The number of rotatable bonds is 5. The van der Waals surface area contributed by atoms with Gasteiger partial charge >= 0.3 is 6.09 Å². The predicted molar refractivity (Wildman–Crippen MR) is 132 cm³/mol. The lowest BCUT2D eigenvalue weighted by Crippen LogP contribution is -2.43. The molecule has 1 aromatic heterocycles. The molecule has 33 heavy (non-hydrogen) atoms. The minimum absolute atomic E-state index is 0.0632. The maximum Gasteiger partial charge on any atom is 0.414 e. The third-order valence-electron chi connectivity index (χ3n) is 5.97. The second-order valence-electron chi connectivity index (χ2n) is 11.0. The largest absolute Gasteiger partial charge is 0.541 e. The van der Waals surface area contributed by atoms with Crippen molar-refractivity contribution < 1.29 is 18.8 Å². The number of hydrogen-bond acceptors (Lipinski definition) is 5. The van der Waals surface area contributed by atoms with Crippen LogP contribution in [0.3, 0.4) is 0 Å². The van der Waals surface area contributed by atoms with E-state index < -0.39 is 13.9 Å². The average Bonchev–Trinajstić information content (AvgIpc) is 3.25. The molecule has 1 aromatic carbocycles. The van der Waals surface area contributed by atoms with Crippen molar-refractivity contribution in [3.63, 3.8) is 0 Å². The minimum Gasteiger partial charge on any atom is -0.541 e. The van der Waals surface area contributed by atoms with Crippen LogP contribution in [-0.2, 0) is 22.5 Å². The van der Waals surface area contributed by atoms with Gasteiger partial charge in [-0.25, -0.2) is 4.79 Å². The lowest BCUT2D eigenvalue weighted by Gasteiger charge is -2.35. The molecule has 1 N–H and O–H groups in total. The number of nitrogens with zero attached hydrogens (tertiary/aromatic N) is 3. The fourth-order valence-corrected chi connectivity index (χ4v) is 4.24. The van der Waals surface area contributed by atoms with Crippen LogP contribution in [0.15, 0.2) is 30.6 Å². The van der Waals surface area contributed by atoms with Crippen molar-refractivity contribution in [2.45, 2.75) is 78.2 Å². The number of carbonyl (C=O) groups is 2. The summed E-state index contributed by atoms with van der Waals surface area (Å²) in [5, 5.41) is 7.25. The Morgan fingerprint density at radius 2 is 1.85 bits per heavy atom. The number of hydrogen-bond donors (Lipinski definition) is 1. The minimum atomic E-state index is -1.97. The van der Waals surface area contributed by atoms with E-state index in [9.17, 15) is 9.59 Å². The molecule has 0 unspecified atom stereocenters. The van der Waals surface area contributed by atoms with Crippen molar-refractivity contribution in [1.29, 1.82) is 0 Å². The van der Waals surface area contributed by atoms with E-state index in [0.717, 1.165) is 17.7 Å². The Morgan fingerprint density at radius 3 is 2.48 bits per heavy atom. The number of carbonyl (C=O) groups excluding carboxylic acids is 2. The Labute approximate surface area is 197 Å². The summed E-state index contributed by atoms with van der Waals surface area (Å²) in [6, 6.07) is 5.61. The molecule has 2 aromatic rings. The van der Waals surface area contributed by atoms with E-state index in [1.807, 2.05) is 39.0 Å². The van der Waals surface area contributed by atoms with Crippen molar-refractivity contribution >= 4 is 31.7 Å². The van der Waals surface area contributed by atoms with Crippen molar-refractivity contribution in [3.8, 4) is 5.75 Å². The molecule has 2 heterocycles. The lowest BCUT2D eigenvalue weighted by atomic mass is 10.1. The summed E-state index contributed by atoms with van der Waals surface area (Å²) in [5.41, 5.74) is 1.88. The van der Waals surface area contributed by atoms with E-state index in [2.05, 4.69) is 44.3 Å². The van der Waals surface area contributed by atoms with Gasteiger partial charge in [-0.05, 0) is 63.0 Å². The molecule has 3 rings (SSSR count). The van der Waals surface area contributed by atoms with Crippen LogP contribution in [0.4, 0.5) is 16.2 Å². The van der Waals surface area contributed by atoms with Gasteiger partial charge < -0.3 is 14.5 Å². The van der Waals surface area contributed by atoms with Gasteiger partial charge in [0, 0.05) is 12.2 Å². The van der Waals surface area contributed by atoms with E-state index in [4.69, 9.17) is 9.16 Å². The van der Waals surface area contributed by atoms with E-state index in [1.165, 1.54) is 0 Å². The molecule has 180 valence electrons. The summed E-state index contributed by atoms with van der Waals surface area (Å²) in [6.45, 7) is 17.0. The fraction of sp³-hybridized carbons (Fsp3) is 0.542. The maximum atomic E-state index is 12.6. The van der Waals surface area contributed by atoms with E-state index in [1.54, 1.807) is 22.0 Å². The molecule has 1 aliphatic rings. The topological polar surface area (TPSA) is 85.7 Å². The molecule has 8 nitrogen and oxygen atoms in total. The number of nitrogens with one attached hydrogen (secondary N) is 1. The van der Waals surface area contributed by atoms with Gasteiger partial charge in [-0.1, -0.05) is 26.8 Å². The predicted octanol–water partition coefficient (Wildman–Crippen LogP) is 5.20. The Morgan fingerprint density at radius 1 is 1.15 bits per heavy atom. The summed E-state index contributed by atoms with van der Waals surface area (Å²) >= 11 is 0. The highest BCUT2D eigenvalue weighted by Crippen LogP contribution is 2.37. The number of amides is 2. The quantitative estimate of drug-likeness (QED) is 0.604. The van der Waals surface area contributed by atoms with Gasteiger partial charge in [0.1, 0.15) is 17.9 Å². The Hall–Kier alpha value is -2.81. The van der Waals surface area contributed by atoms with E-state index >= 15 is 0 Å². The number of ether oxygens (including phenoxy) is 1. The van der Waals surface area contributed by atoms with Gasteiger partial charge in [-0.3, -0.25) is 14.4 Å². The van der Waals surface area contributed by atoms with Crippen LogP contribution in [-0.4, -0.2) is 42.2 Å². The molecule has 9 heteroatoms. The Bertz CT molecular complexity index is 1030. The van der Waals surface area contributed by atoms with Gasteiger partial charge in [0.15, 0.2) is 0 Å². The average molecular weight is 473 g/mol. The molecule has 2 amide bonds. The molecule has 1 aliphatic heterocycles. The molecule has 0 bridgehead atoms. The third kappa shape index (κ3) is 6.16. The first-order valence-corrected chi connectivity index (χ1v) is 14.2. The molecule has 0 saturated heterocycles. The van der Waals surface area contributed by atoms with Crippen molar-refractivity contribution in [3.05, 3.63) is 36.2 Å². The zero-order chi connectivity index (χ0) is 24.6. The summed E-state index contributed by atoms with van der Waals surface area (Å²) in [5.74, 6) is 0.471. The number of aromatic nitrogens is 2. The molecule has 0 fully saturated rings. The molecule has 0 saturated carbocycles. The summed E-state index contributed by atoms with van der Waals surface area (Å²) in [4.78, 5) is 26.8. The summed E-state index contributed by atoms with van der Waals surface area (Å²) in [7, 11) is -1.97. The Kier molecular flexibility index (Phi) is 6.66. The van der Waals surface area contributed by atoms with Gasteiger partial charge in [-0.15, -0.1) is 0 Å². The first-order chi connectivity index (χ1) is 15.1. The highest BCUT2D eigenvalue weighted by molar-refractivity contribution is 6.74. The highest BCUT2D eigenvalue weighted by Gasteiger charge is 2.39. The second kappa shape index (κ2) is 8.85.